The van der Waals surface area contributed by atoms with Gasteiger partial charge in [0.1, 0.15) is 6.04 Å². The lowest BCUT2D eigenvalue weighted by atomic mass is 10.1. The van der Waals surface area contributed by atoms with E-state index in [-0.39, 0.29) is 10.8 Å². The fourth-order valence-corrected chi connectivity index (χ4v) is 4.98. The first kappa shape index (κ1) is 21.8. The zero-order chi connectivity index (χ0) is 23.2. The number of anilines is 1. The summed E-state index contributed by atoms with van der Waals surface area (Å²) < 4.78 is 26.0. The molecule has 0 saturated carbocycles. The largest absolute Gasteiger partial charge is 0.354 e. The zero-order valence-corrected chi connectivity index (χ0v) is 20.1. The molecule has 1 aliphatic rings. The van der Waals surface area contributed by atoms with Crippen molar-refractivity contribution in [3.05, 3.63) is 46.9 Å². The van der Waals surface area contributed by atoms with Gasteiger partial charge in [0.2, 0.25) is 11.9 Å². The first-order valence-electron chi connectivity index (χ1n) is 10.5. The molecule has 1 saturated heterocycles. The van der Waals surface area contributed by atoms with Crippen molar-refractivity contribution in [2.24, 2.45) is 0 Å². The van der Waals surface area contributed by atoms with Crippen LogP contribution in [0.5, 0.6) is 0 Å². The topological polar surface area (TPSA) is 118 Å². The number of amides is 1. The van der Waals surface area contributed by atoms with E-state index in [0.717, 1.165) is 22.7 Å². The van der Waals surface area contributed by atoms with Crippen LogP contribution in [0.3, 0.4) is 0 Å². The molecule has 0 unspecified atom stereocenters. The Morgan fingerprint density at radius 1 is 1.12 bits per heavy atom. The molecular weight excluding hydrogens is 508 g/mol. The molecule has 5 rings (SSSR count). The smallest absolute Gasteiger partial charge is 0.242 e. The molecule has 1 aliphatic heterocycles. The second kappa shape index (κ2) is 8.38. The van der Waals surface area contributed by atoms with Crippen LogP contribution in [0.15, 0.2) is 51.8 Å². The lowest BCUT2D eigenvalue weighted by Gasteiger charge is -2.17. The monoisotopic (exact) mass is 528 g/mol. The molecule has 170 valence electrons. The SMILES string of the molecule is CS(=O)(=O)c1ccc(-c2nc3c4cccc(Br)c4nc(N[C@H]4CCCCNC4=O)n3n2)cc1. The number of nitrogens with one attached hydrogen (secondary N) is 2. The first-order valence-corrected chi connectivity index (χ1v) is 13.2. The summed E-state index contributed by atoms with van der Waals surface area (Å²) in [5.74, 6) is 0.780. The van der Waals surface area contributed by atoms with Crippen molar-refractivity contribution in [1.29, 1.82) is 0 Å². The molecule has 1 fully saturated rings. The van der Waals surface area contributed by atoms with Crippen LogP contribution in [-0.2, 0) is 14.6 Å². The molecule has 0 bridgehead atoms. The molecule has 2 N–H and O–H groups in total. The van der Waals surface area contributed by atoms with Crippen LogP contribution < -0.4 is 10.6 Å². The van der Waals surface area contributed by atoms with Crippen molar-refractivity contribution in [2.75, 3.05) is 18.1 Å². The van der Waals surface area contributed by atoms with Gasteiger partial charge in [-0.05, 0) is 71.6 Å². The number of hydrogen-bond acceptors (Lipinski definition) is 7. The van der Waals surface area contributed by atoms with Gasteiger partial charge >= 0.3 is 0 Å². The van der Waals surface area contributed by atoms with E-state index >= 15 is 0 Å². The van der Waals surface area contributed by atoms with E-state index in [0.29, 0.717) is 41.5 Å². The van der Waals surface area contributed by atoms with Crippen LogP contribution in [-0.4, -0.2) is 52.7 Å². The Labute approximate surface area is 198 Å². The van der Waals surface area contributed by atoms with Gasteiger partial charge in [-0.1, -0.05) is 6.07 Å². The number of benzene rings is 2. The summed E-state index contributed by atoms with van der Waals surface area (Å²) in [6.45, 7) is 0.667. The van der Waals surface area contributed by atoms with E-state index in [1.807, 2.05) is 18.2 Å². The fourth-order valence-electron chi connectivity index (χ4n) is 3.90. The Morgan fingerprint density at radius 2 is 1.91 bits per heavy atom. The Morgan fingerprint density at radius 3 is 2.67 bits per heavy atom. The molecule has 1 amide bonds. The van der Waals surface area contributed by atoms with Crippen LogP contribution >= 0.6 is 15.9 Å². The number of carbonyl (C=O) groups is 1. The summed E-state index contributed by atoms with van der Waals surface area (Å²) in [7, 11) is -3.30. The molecule has 0 aliphatic carbocycles. The Balaban J connectivity index is 1.65. The van der Waals surface area contributed by atoms with Gasteiger partial charge in [-0.15, -0.1) is 5.10 Å². The number of nitrogens with zero attached hydrogens (tertiary/aromatic N) is 4. The highest BCUT2D eigenvalue weighted by Gasteiger charge is 2.24. The Kier molecular flexibility index (Phi) is 5.53. The highest BCUT2D eigenvalue weighted by Crippen LogP contribution is 2.29. The Bertz CT molecular complexity index is 1480. The predicted molar refractivity (Wildman–Crippen MR) is 129 cm³/mol. The Hall–Kier alpha value is -3.05. The molecule has 0 spiro atoms. The average Bonchev–Trinajstić information content (AvgIpc) is 3.14. The van der Waals surface area contributed by atoms with Crippen LogP contribution in [0.2, 0.25) is 0 Å². The summed E-state index contributed by atoms with van der Waals surface area (Å²) in [4.78, 5) is 22.2. The van der Waals surface area contributed by atoms with E-state index in [9.17, 15) is 13.2 Å². The minimum absolute atomic E-state index is 0.0635. The third-order valence-corrected chi connectivity index (χ3v) is 7.40. The average molecular weight is 529 g/mol. The molecule has 11 heteroatoms. The number of rotatable bonds is 4. The normalized spacial score (nSPS) is 17.2. The summed E-state index contributed by atoms with van der Waals surface area (Å²) >= 11 is 3.56. The molecule has 4 aromatic rings. The highest BCUT2D eigenvalue weighted by atomic mass is 79.9. The minimum Gasteiger partial charge on any atom is -0.354 e. The molecule has 1 atom stereocenters. The van der Waals surface area contributed by atoms with Gasteiger partial charge in [-0.25, -0.2) is 18.4 Å². The highest BCUT2D eigenvalue weighted by molar-refractivity contribution is 9.10. The fraction of sp³-hybridized carbons (Fsp3) is 0.273. The molecular formula is C22H21BrN6O3S. The number of sulfone groups is 1. The number of carbonyl (C=O) groups excluding carboxylic acids is 1. The number of halogens is 1. The minimum atomic E-state index is -3.30. The summed E-state index contributed by atoms with van der Waals surface area (Å²) in [6.07, 6.45) is 3.72. The van der Waals surface area contributed by atoms with Crippen molar-refractivity contribution in [2.45, 2.75) is 30.2 Å². The molecule has 9 nitrogen and oxygen atoms in total. The van der Waals surface area contributed by atoms with Gasteiger partial charge in [0.15, 0.2) is 21.3 Å². The standard InChI is InChI=1S/C22H21BrN6O3S/c1-33(31,32)14-10-8-13(9-11-14)19-27-20-15-5-4-6-16(23)18(15)26-22(29(20)28-19)25-17-7-2-3-12-24-21(17)30/h4-6,8-11,17H,2-3,7,12H2,1H3,(H,24,30)(H,25,26)/t17-/m0/s1. The van der Waals surface area contributed by atoms with Gasteiger partial charge in [-0.2, -0.15) is 4.52 Å². The number of fused-ring (bicyclic) bond motifs is 3. The third kappa shape index (κ3) is 4.18. The van der Waals surface area contributed by atoms with Gasteiger partial charge in [0, 0.05) is 28.2 Å². The first-order chi connectivity index (χ1) is 15.8. The second-order valence-corrected chi connectivity index (χ2v) is 10.9. The summed E-state index contributed by atoms with van der Waals surface area (Å²) in [5.41, 5.74) is 1.96. The quantitative estimate of drug-likeness (QED) is 0.417. The van der Waals surface area contributed by atoms with E-state index in [1.54, 1.807) is 28.8 Å². The lowest BCUT2D eigenvalue weighted by molar-refractivity contribution is -0.121. The maximum Gasteiger partial charge on any atom is 0.242 e. The molecule has 3 heterocycles. The van der Waals surface area contributed by atoms with Gasteiger partial charge < -0.3 is 10.6 Å². The van der Waals surface area contributed by atoms with Crippen LogP contribution in [0.1, 0.15) is 19.3 Å². The van der Waals surface area contributed by atoms with Crippen molar-refractivity contribution >= 4 is 54.2 Å². The van der Waals surface area contributed by atoms with Crippen LogP contribution in [0.25, 0.3) is 27.9 Å². The van der Waals surface area contributed by atoms with Gasteiger partial charge in [0.25, 0.3) is 0 Å². The number of hydrogen-bond donors (Lipinski definition) is 2. The van der Waals surface area contributed by atoms with Crippen molar-refractivity contribution < 1.29 is 13.2 Å². The van der Waals surface area contributed by atoms with E-state index in [1.165, 1.54) is 6.26 Å². The maximum atomic E-state index is 12.5. The van der Waals surface area contributed by atoms with Crippen molar-refractivity contribution in [3.63, 3.8) is 0 Å². The van der Waals surface area contributed by atoms with E-state index < -0.39 is 15.9 Å². The van der Waals surface area contributed by atoms with E-state index in [4.69, 9.17) is 9.97 Å². The van der Waals surface area contributed by atoms with Crippen LogP contribution in [0.4, 0.5) is 5.95 Å². The predicted octanol–water partition coefficient (Wildman–Crippen LogP) is 3.19. The number of aromatic nitrogens is 4. The van der Waals surface area contributed by atoms with Crippen molar-refractivity contribution in [3.8, 4) is 11.4 Å². The van der Waals surface area contributed by atoms with Crippen LogP contribution in [0, 0.1) is 0 Å². The molecule has 2 aromatic carbocycles. The maximum absolute atomic E-state index is 12.5. The molecule has 2 aromatic heterocycles. The summed E-state index contributed by atoms with van der Waals surface area (Å²) in [5, 5.41) is 11.6. The van der Waals surface area contributed by atoms with E-state index in [2.05, 4.69) is 31.7 Å². The molecule has 0 radical (unpaired) electrons. The van der Waals surface area contributed by atoms with Gasteiger partial charge in [-0.3, -0.25) is 4.79 Å². The number of para-hydroxylation sites is 1. The summed E-state index contributed by atoms with van der Waals surface area (Å²) in [6, 6.07) is 11.7. The molecule has 33 heavy (non-hydrogen) atoms. The third-order valence-electron chi connectivity index (χ3n) is 5.63. The lowest BCUT2D eigenvalue weighted by Crippen LogP contribution is -2.38. The van der Waals surface area contributed by atoms with Crippen molar-refractivity contribution in [1.82, 2.24) is 24.9 Å². The zero-order valence-electron chi connectivity index (χ0n) is 17.7. The second-order valence-electron chi connectivity index (χ2n) is 8.02. The van der Waals surface area contributed by atoms with Gasteiger partial charge in [0.05, 0.1) is 10.4 Å².